The van der Waals surface area contributed by atoms with E-state index in [0.717, 1.165) is 10.6 Å². The van der Waals surface area contributed by atoms with Crippen LogP contribution in [-0.2, 0) is 14.8 Å². The number of amides is 1. The van der Waals surface area contributed by atoms with Crippen molar-refractivity contribution in [3.63, 3.8) is 0 Å². The van der Waals surface area contributed by atoms with Gasteiger partial charge in [-0.2, -0.15) is 0 Å². The zero-order valence-corrected chi connectivity index (χ0v) is 17.0. The number of carbonyl (C=O) groups excluding carboxylic acids is 1. The molecule has 2 rings (SSSR count). The van der Waals surface area contributed by atoms with Crippen LogP contribution in [0, 0.1) is 6.92 Å². The van der Waals surface area contributed by atoms with Crippen LogP contribution < -0.4 is 19.1 Å². The molecule has 0 heterocycles. The van der Waals surface area contributed by atoms with Crippen LogP contribution in [0.25, 0.3) is 0 Å². The number of ether oxygens (including phenoxy) is 2. The van der Waals surface area contributed by atoms with Crippen LogP contribution in [0.4, 0.5) is 11.4 Å². The first-order valence-electron chi connectivity index (χ1n) is 7.91. The van der Waals surface area contributed by atoms with E-state index in [-0.39, 0.29) is 0 Å². The minimum absolute atomic E-state index is 0.378. The van der Waals surface area contributed by atoms with Crippen molar-refractivity contribution in [3.05, 3.63) is 47.0 Å². The first-order valence-corrected chi connectivity index (χ1v) is 10.1. The molecule has 1 N–H and O–H groups in total. The molecule has 0 fully saturated rings. The van der Waals surface area contributed by atoms with E-state index < -0.39 is 22.5 Å². The Labute approximate surface area is 163 Å². The highest BCUT2D eigenvalue weighted by atomic mass is 35.5. The fourth-order valence-corrected chi connectivity index (χ4v) is 3.65. The number of nitrogens with one attached hydrogen (secondary N) is 1. The average Bonchev–Trinajstić information content (AvgIpc) is 2.59. The average molecular weight is 413 g/mol. The molecular formula is C18H21ClN2O5S. The summed E-state index contributed by atoms with van der Waals surface area (Å²) in [6.45, 7) is 1.32. The second kappa shape index (κ2) is 8.49. The molecule has 27 heavy (non-hydrogen) atoms. The van der Waals surface area contributed by atoms with Crippen LogP contribution in [0.15, 0.2) is 36.4 Å². The minimum atomic E-state index is -3.70. The zero-order chi connectivity index (χ0) is 20.2. The third-order valence-electron chi connectivity index (χ3n) is 3.80. The first kappa shape index (κ1) is 20.9. The molecule has 2 aromatic carbocycles. The molecule has 0 radical (unpaired) electrons. The maximum absolute atomic E-state index is 12.5. The Morgan fingerprint density at radius 3 is 2.41 bits per heavy atom. The Balaban J connectivity index is 2.30. The molecule has 0 saturated carbocycles. The number of nitrogens with zero attached hydrogens (tertiary/aromatic N) is 1. The predicted molar refractivity (Wildman–Crippen MR) is 107 cm³/mol. The molecule has 0 saturated heterocycles. The number of sulfonamides is 1. The third-order valence-corrected chi connectivity index (χ3v) is 5.16. The fraction of sp³-hybridized carbons (Fsp3) is 0.278. The quantitative estimate of drug-likeness (QED) is 0.755. The number of hydrogen-bond donors (Lipinski definition) is 1. The van der Waals surface area contributed by atoms with Gasteiger partial charge in [0.15, 0.2) is 0 Å². The number of methoxy groups -OCH3 is 2. The summed E-state index contributed by atoms with van der Waals surface area (Å²) in [5.41, 5.74) is 1.40. The van der Waals surface area contributed by atoms with Gasteiger partial charge in [0.05, 0.1) is 31.9 Å². The number of rotatable bonds is 7. The normalized spacial score (nSPS) is 11.0. The standard InChI is InChI=1S/C18H21ClN2O5S/c1-12-9-13(19)5-7-16(12)21(27(4,23)24)11-18(22)20-15-10-14(25-2)6-8-17(15)26-3/h5-10H,11H2,1-4H3,(H,20,22). The summed E-state index contributed by atoms with van der Waals surface area (Å²) in [4.78, 5) is 12.5. The Hall–Kier alpha value is -2.45. The molecule has 2 aromatic rings. The molecule has 146 valence electrons. The molecule has 0 bridgehead atoms. The van der Waals surface area contributed by atoms with Gasteiger partial charge in [-0.25, -0.2) is 8.42 Å². The minimum Gasteiger partial charge on any atom is -0.497 e. The predicted octanol–water partition coefficient (Wildman–Crippen LogP) is 3.07. The Morgan fingerprint density at radius 2 is 1.85 bits per heavy atom. The van der Waals surface area contributed by atoms with E-state index in [9.17, 15) is 13.2 Å². The van der Waals surface area contributed by atoms with Crippen LogP contribution in [0.1, 0.15) is 5.56 Å². The third kappa shape index (κ3) is 5.27. The number of halogens is 1. The van der Waals surface area contributed by atoms with Crippen molar-refractivity contribution in [2.75, 3.05) is 36.6 Å². The van der Waals surface area contributed by atoms with Gasteiger partial charge in [0.2, 0.25) is 15.9 Å². The summed E-state index contributed by atoms with van der Waals surface area (Å²) < 4.78 is 35.9. The smallest absolute Gasteiger partial charge is 0.245 e. The van der Waals surface area contributed by atoms with Gasteiger partial charge in [-0.1, -0.05) is 11.6 Å². The Bertz CT molecular complexity index is 947. The lowest BCUT2D eigenvalue weighted by molar-refractivity contribution is -0.114. The van der Waals surface area contributed by atoms with Crippen LogP contribution in [-0.4, -0.2) is 41.3 Å². The largest absolute Gasteiger partial charge is 0.497 e. The maximum atomic E-state index is 12.5. The summed E-state index contributed by atoms with van der Waals surface area (Å²) in [5.74, 6) is 0.429. The number of benzene rings is 2. The van der Waals surface area contributed by atoms with Crippen molar-refractivity contribution >= 4 is 38.9 Å². The van der Waals surface area contributed by atoms with Gasteiger partial charge in [0.25, 0.3) is 0 Å². The highest BCUT2D eigenvalue weighted by Gasteiger charge is 2.23. The van der Waals surface area contributed by atoms with Crippen molar-refractivity contribution in [1.29, 1.82) is 0 Å². The number of aryl methyl sites for hydroxylation is 1. The van der Waals surface area contributed by atoms with Crippen LogP contribution in [0.2, 0.25) is 5.02 Å². The monoisotopic (exact) mass is 412 g/mol. The van der Waals surface area contributed by atoms with E-state index in [1.165, 1.54) is 14.2 Å². The molecule has 0 atom stereocenters. The summed E-state index contributed by atoms with van der Waals surface area (Å²) in [7, 11) is -0.724. The Morgan fingerprint density at radius 1 is 1.15 bits per heavy atom. The highest BCUT2D eigenvalue weighted by Crippen LogP contribution is 2.29. The molecule has 0 aliphatic carbocycles. The summed E-state index contributed by atoms with van der Waals surface area (Å²) in [6.07, 6.45) is 1.04. The van der Waals surface area contributed by atoms with Crippen LogP contribution in [0.5, 0.6) is 11.5 Å². The molecule has 0 aliphatic rings. The van der Waals surface area contributed by atoms with Crippen molar-refractivity contribution < 1.29 is 22.7 Å². The van der Waals surface area contributed by atoms with Gasteiger partial charge >= 0.3 is 0 Å². The number of carbonyl (C=O) groups is 1. The van der Waals surface area contributed by atoms with Gasteiger partial charge < -0.3 is 14.8 Å². The van der Waals surface area contributed by atoms with E-state index in [1.807, 2.05) is 0 Å². The molecule has 7 nitrogen and oxygen atoms in total. The highest BCUT2D eigenvalue weighted by molar-refractivity contribution is 7.92. The summed E-state index contributed by atoms with van der Waals surface area (Å²) in [5, 5.41) is 3.14. The number of anilines is 2. The Kier molecular flexibility index (Phi) is 6.56. The second-order valence-corrected chi connectivity index (χ2v) is 8.16. The lowest BCUT2D eigenvalue weighted by Gasteiger charge is -2.24. The molecule has 9 heteroatoms. The zero-order valence-electron chi connectivity index (χ0n) is 15.4. The fourth-order valence-electron chi connectivity index (χ4n) is 2.51. The topological polar surface area (TPSA) is 84.9 Å². The first-order chi connectivity index (χ1) is 12.7. The molecule has 0 unspecified atom stereocenters. The van der Waals surface area contributed by atoms with Gasteiger partial charge in [-0.15, -0.1) is 0 Å². The SMILES string of the molecule is COc1ccc(OC)c(NC(=O)CN(c2ccc(Cl)cc2C)S(C)(=O)=O)c1. The van der Waals surface area contributed by atoms with Crippen molar-refractivity contribution in [2.45, 2.75) is 6.92 Å². The molecule has 1 amide bonds. The van der Waals surface area contributed by atoms with Gasteiger partial charge in [0.1, 0.15) is 18.0 Å². The number of hydrogen-bond acceptors (Lipinski definition) is 5. The van der Waals surface area contributed by atoms with Crippen LogP contribution in [0.3, 0.4) is 0 Å². The van der Waals surface area contributed by atoms with E-state index in [2.05, 4.69) is 5.32 Å². The summed E-state index contributed by atoms with van der Waals surface area (Å²) >= 11 is 5.94. The lowest BCUT2D eigenvalue weighted by Crippen LogP contribution is -2.37. The maximum Gasteiger partial charge on any atom is 0.245 e. The van der Waals surface area contributed by atoms with E-state index >= 15 is 0 Å². The van der Waals surface area contributed by atoms with Crippen LogP contribution >= 0.6 is 11.6 Å². The summed E-state index contributed by atoms with van der Waals surface area (Å²) in [6, 6.07) is 9.71. The lowest BCUT2D eigenvalue weighted by atomic mass is 10.2. The van der Waals surface area contributed by atoms with Crippen molar-refractivity contribution in [2.24, 2.45) is 0 Å². The van der Waals surface area contributed by atoms with Gasteiger partial charge in [-0.05, 0) is 42.8 Å². The molecule has 0 spiro atoms. The van der Waals surface area contributed by atoms with E-state index in [1.54, 1.807) is 43.3 Å². The van der Waals surface area contributed by atoms with Crippen molar-refractivity contribution in [3.8, 4) is 11.5 Å². The van der Waals surface area contributed by atoms with Gasteiger partial charge in [0, 0.05) is 11.1 Å². The second-order valence-electron chi connectivity index (χ2n) is 5.81. The van der Waals surface area contributed by atoms with E-state index in [0.29, 0.717) is 33.5 Å². The van der Waals surface area contributed by atoms with Gasteiger partial charge in [-0.3, -0.25) is 9.10 Å². The molecular weight excluding hydrogens is 392 g/mol. The molecule has 0 aromatic heterocycles. The van der Waals surface area contributed by atoms with E-state index in [4.69, 9.17) is 21.1 Å². The van der Waals surface area contributed by atoms with Crippen molar-refractivity contribution in [1.82, 2.24) is 0 Å². The molecule has 0 aliphatic heterocycles.